The summed E-state index contributed by atoms with van der Waals surface area (Å²) in [6.45, 7) is 8.11. The van der Waals surface area contributed by atoms with Crippen LogP contribution in [-0.2, 0) is 4.74 Å². The molecule has 202 valence electrons. The first kappa shape index (κ1) is 25.8. The minimum atomic E-state index is -0.565. The Morgan fingerprint density at radius 3 is 2.56 bits per heavy atom. The van der Waals surface area contributed by atoms with E-state index in [1.165, 1.54) is 6.33 Å². The second-order valence-corrected chi connectivity index (χ2v) is 10.2. The second kappa shape index (κ2) is 10.1. The first-order chi connectivity index (χ1) is 18.6. The predicted octanol–water partition coefficient (Wildman–Crippen LogP) is 4.10. The number of aromatic amines is 2. The zero-order valence-electron chi connectivity index (χ0n) is 22.0. The number of benzene rings is 2. The fourth-order valence-electron chi connectivity index (χ4n) is 3.99. The molecule has 0 aliphatic carbocycles. The van der Waals surface area contributed by atoms with Gasteiger partial charge in [0.25, 0.3) is 11.8 Å². The molecule has 4 N–H and O–H groups in total. The first-order valence-electron chi connectivity index (χ1n) is 12.4. The molecule has 12 nitrogen and oxygen atoms in total. The van der Waals surface area contributed by atoms with Crippen molar-refractivity contribution in [1.29, 1.82) is 0 Å². The van der Waals surface area contributed by atoms with Crippen LogP contribution in [0.2, 0.25) is 0 Å². The average molecular weight is 532 g/mol. The van der Waals surface area contributed by atoms with Crippen molar-refractivity contribution >= 4 is 40.6 Å². The SMILES string of the molecule is Cc1ccc(OC2CN(C(=O)OC(C)(C)C)C2)cc1NC(=O)c1nc[nH]c1C(=O)Nc1nc2ccccc2[nH]1. The molecule has 0 radical (unpaired) electrons. The van der Waals surface area contributed by atoms with E-state index in [9.17, 15) is 14.4 Å². The highest BCUT2D eigenvalue weighted by Crippen LogP contribution is 2.26. The molecular weight excluding hydrogens is 502 g/mol. The van der Waals surface area contributed by atoms with Crippen molar-refractivity contribution in [3.8, 4) is 5.75 Å². The van der Waals surface area contributed by atoms with Gasteiger partial charge in [-0.1, -0.05) is 18.2 Å². The lowest BCUT2D eigenvalue weighted by Crippen LogP contribution is -2.57. The Hall–Kier alpha value is -4.87. The zero-order valence-corrected chi connectivity index (χ0v) is 22.0. The Kier molecular flexibility index (Phi) is 6.69. The Morgan fingerprint density at radius 1 is 1.05 bits per heavy atom. The van der Waals surface area contributed by atoms with Gasteiger partial charge in [-0.15, -0.1) is 0 Å². The average Bonchev–Trinajstić information content (AvgIpc) is 3.48. The number of hydrogen-bond donors (Lipinski definition) is 4. The van der Waals surface area contributed by atoms with Crippen LogP contribution in [0.15, 0.2) is 48.8 Å². The maximum atomic E-state index is 13.1. The van der Waals surface area contributed by atoms with Gasteiger partial charge in [0.05, 0.1) is 30.5 Å². The molecule has 5 rings (SSSR count). The van der Waals surface area contributed by atoms with Crippen molar-refractivity contribution in [1.82, 2.24) is 24.8 Å². The van der Waals surface area contributed by atoms with E-state index < -0.39 is 17.4 Å². The number of ether oxygens (including phenoxy) is 2. The van der Waals surface area contributed by atoms with Crippen LogP contribution in [0.5, 0.6) is 5.75 Å². The number of rotatable bonds is 6. The van der Waals surface area contributed by atoms with Crippen LogP contribution < -0.4 is 15.4 Å². The molecule has 3 heterocycles. The number of H-pyrrole nitrogens is 2. The number of aryl methyl sites for hydroxylation is 1. The Balaban J connectivity index is 1.21. The Bertz CT molecular complexity index is 1510. The van der Waals surface area contributed by atoms with Crippen molar-refractivity contribution in [2.75, 3.05) is 23.7 Å². The monoisotopic (exact) mass is 531 g/mol. The van der Waals surface area contributed by atoms with E-state index in [1.54, 1.807) is 17.0 Å². The molecule has 2 aromatic heterocycles. The van der Waals surface area contributed by atoms with Crippen LogP contribution in [0, 0.1) is 6.92 Å². The highest BCUT2D eigenvalue weighted by Gasteiger charge is 2.35. The zero-order chi connectivity index (χ0) is 27.7. The number of imidazole rings is 2. The fourth-order valence-corrected chi connectivity index (χ4v) is 3.99. The normalized spacial score (nSPS) is 13.6. The van der Waals surface area contributed by atoms with E-state index in [0.29, 0.717) is 30.0 Å². The van der Waals surface area contributed by atoms with Crippen LogP contribution in [0.1, 0.15) is 47.3 Å². The summed E-state index contributed by atoms with van der Waals surface area (Å²) in [7, 11) is 0. The summed E-state index contributed by atoms with van der Waals surface area (Å²) in [6, 6.07) is 12.7. The van der Waals surface area contributed by atoms with E-state index in [4.69, 9.17) is 9.47 Å². The van der Waals surface area contributed by atoms with Crippen LogP contribution in [0.25, 0.3) is 11.0 Å². The van der Waals surface area contributed by atoms with E-state index in [0.717, 1.165) is 11.1 Å². The summed E-state index contributed by atoms with van der Waals surface area (Å²) in [5.74, 6) is -0.338. The fraction of sp³-hybridized carbons (Fsp3) is 0.296. The molecule has 0 spiro atoms. The van der Waals surface area contributed by atoms with Gasteiger partial charge in [-0.25, -0.2) is 14.8 Å². The highest BCUT2D eigenvalue weighted by atomic mass is 16.6. The largest absolute Gasteiger partial charge is 0.487 e. The Morgan fingerprint density at radius 2 is 1.82 bits per heavy atom. The molecule has 0 atom stereocenters. The number of para-hydroxylation sites is 2. The van der Waals surface area contributed by atoms with Gasteiger partial charge < -0.3 is 29.7 Å². The molecular formula is C27H29N7O5. The van der Waals surface area contributed by atoms with Gasteiger partial charge in [-0.05, 0) is 51.5 Å². The van der Waals surface area contributed by atoms with Crippen LogP contribution >= 0.6 is 0 Å². The number of nitrogens with one attached hydrogen (secondary N) is 4. The number of likely N-dealkylation sites (tertiary alicyclic amines) is 1. The number of aromatic nitrogens is 4. The second-order valence-electron chi connectivity index (χ2n) is 10.2. The number of fused-ring (bicyclic) bond motifs is 1. The molecule has 12 heteroatoms. The molecule has 1 aliphatic rings. The molecule has 0 bridgehead atoms. The van der Waals surface area contributed by atoms with E-state index >= 15 is 0 Å². The van der Waals surface area contributed by atoms with Gasteiger partial charge in [0.1, 0.15) is 23.1 Å². The third-order valence-electron chi connectivity index (χ3n) is 5.96. The van der Waals surface area contributed by atoms with E-state index in [1.807, 2.05) is 58.0 Å². The number of anilines is 2. The van der Waals surface area contributed by atoms with Gasteiger partial charge in [-0.2, -0.15) is 0 Å². The lowest BCUT2D eigenvalue weighted by molar-refractivity contribution is -0.0221. The van der Waals surface area contributed by atoms with Gasteiger partial charge in [0.2, 0.25) is 5.95 Å². The van der Waals surface area contributed by atoms with Gasteiger partial charge >= 0.3 is 6.09 Å². The molecule has 0 saturated carbocycles. The molecule has 4 aromatic rings. The molecule has 1 saturated heterocycles. The molecule has 1 fully saturated rings. The quantitative estimate of drug-likeness (QED) is 0.292. The van der Waals surface area contributed by atoms with Gasteiger partial charge in [0.15, 0.2) is 5.69 Å². The molecule has 3 amide bonds. The molecule has 39 heavy (non-hydrogen) atoms. The number of carbonyl (C=O) groups excluding carboxylic acids is 3. The Labute approximate surface area is 224 Å². The third-order valence-corrected chi connectivity index (χ3v) is 5.96. The highest BCUT2D eigenvalue weighted by molar-refractivity contribution is 6.13. The minimum absolute atomic E-state index is 0.00489. The van der Waals surface area contributed by atoms with Crippen LogP contribution in [-0.4, -0.2) is 67.5 Å². The molecule has 0 unspecified atom stereocenters. The lowest BCUT2D eigenvalue weighted by Gasteiger charge is -2.39. The summed E-state index contributed by atoms with van der Waals surface area (Å²) < 4.78 is 11.4. The lowest BCUT2D eigenvalue weighted by atomic mass is 10.1. The predicted molar refractivity (Wildman–Crippen MR) is 144 cm³/mol. The number of nitrogens with zero attached hydrogens (tertiary/aromatic N) is 3. The van der Waals surface area contributed by atoms with Crippen molar-refractivity contribution in [3.05, 3.63) is 65.7 Å². The number of carbonyl (C=O) groups is 3. The van der Waals surface area contributed by atoms with E-state index in [2.05, 4.69) is 30.6 Å². The van der Waals surface area contributed by atoms with Crippen molar-refractivity contribution in [2.24, 2.45) is 0 Å². The maximum Gasteiger partial charge on any atom is 0.410 e. The van der Waals surface area contributed by atoms with Gasteiger partial charge in [0, 0.05) is 11.8 Å². The van der Waals surface area contributed by atoms with Crippen molar-refractivity contribution in [3.63, 3.8) is 0 Å². The minimum Gasteiger partial charge on any atom is -0.487 e. The number of amides is 3. The summed E-state index contributed by atoms with van der Waals surface area (Å²) in [4.78, 5) is 53.8. The first-order valence-corrected chi connectivity index (χ1v) is 12.4. The van der Waals surface area contributed by atoms with Crippen molar-refractivity contribution < 1.29 is 23.9 Å². The van der Waals surface area contributed by atoms with Crippen molar-refractivity contribution in [2.45, 2.75) is 39.4 Å². The smallest absolute Gasteiger partial charge is 0.410 e. The summed E-state index contributed by atoms with van der Waals surface area (Å²) in [5, 5.41) is 5.46. The molecule has 2 aromatic carbocycles. The number of hydrogen-bond acceptors (Lipinski definition) is 7. The molecule has 1 aliphatic heterocycles. The summed E-state index contributed by atoms with van der Waals surface area (Å²) >= 11 is 0. The topological polar surface area (TPSA) is 154 Å². The summed E-state index contributed by atoms with van der Waals surface area (Å²) in [5.41, 5.74) is 2.14. The third kappa shape index (κ3) is 5.84. The van der Waals surface area contributed by atoms with Gasteiger partial charge in [-0.3, -0.25) is 14.9 Å². The maximum absolute atomic E-state index is 13.1. The van der Waals surface area contributed by atoms with Crippen LogP contribution in [0.4, 0.5) is 16.4 Å². The standard InChI is InChI=1S/C27H29N7O5/c1-15-9-10-16(38-17-12-34(13-17)26(37)39-27(2,3)4)11-20(15)30-23(35)21-22(29-14-28-21)24(36)33-25-31-18-7-5-6-8-19(18)32-25/h5-11,14,17H,12-13H2,1-4H3,(H,28,29)(H,30,35)(H2,31,32,33,36). The van der Waals surface area contributed by atoms with E-state index in [-0.39, 0.29) is 29.5 Å². The summed E-state index contributed by atoms with van der Waals surface area (Å²) in [6.07, 6.45) is 0.712. The van der Waals surface area contributed by atoms with Crippen LogP contribution in [0.3, 0.4) is 0 Å².